The third kappa shape index (κ3) is 2.75. The van der Waals surface area contributed by atoms with Gasteiger partial charge in [0.1, 0.15) is 5.58 Å². The van der Waals surface area contributed by atoms with Crippen molar-refractivity contribution in [1.82, 2.24) is 0 Å². The first kappa shape index (κ1) is 19.2. The van der Waals surface area contributed by atoms with Gasteiger partial charge >= 0.3 is 5.63 Å². The van der Waals surface area contributed by atoms with Crippen molar-refractivity contribution >= 4 is 38.7 Å². The molecule has 0 amide bonds. The molecule has 0 atom stereocenters. The topological polar surface area (TPSA) is 45.5 Å². The van der Waals surface area contributed by atoms with E-state index in [1.807, 2.05) is 12.1 Å². The van der Waals surface area contributed by atoms with Gasteiger partial charge in [0.25, 0.3) is 0 Å². The van der Waals surface area contributed by atoms with Gasteiger partial charge in [0, 0.05) is 34.6 Å². The van der Waals surface area contributed by atoms with Crippen LogP contribution in [0.1, 0.15) is 57.2 Å². The van der Waals surface area contributed by atoms with Gasteiger partial charge in [-0.2, -0.15) is 0 Å². The van der Waals surface area contributed by atoms with Gasteiger partial charge in [-0.1, -0.05) is 39.8 Å². The van der Waals surface area contributed by atoms with Crippen LogP contribution in [0.25, 0.3) is 11.0 Å². The summed E-state index contributed by atoms with van der Waals surface area (Å²) in [5.74, 6) is 0. The van der Waals surface area contributed by atoms with Crippen LogP contribution in [0, 0.1) is 0 Å². The molecule has 3 aliphatic rings. The normalized spacial score (nSPS) is 20.4. The second-order valence-electron chi connectivity index (χ2n) is 10.4. The maximum absolute atomic E-state index is 13.2. The van der Waals surface area contributed by atoms with E-state index in [1.54, 1.807) is 0 Å². The van der Waals surface area contributed by atoms with Crippen LogP contribution in [0.4, 0.5) is 11.4 Å². The Morgan fingerprint density at radius 1 is 1.03 bits per heavy atom. The fraction of sp³-hybridized carbons (Fsp3) is 0.385. The average Bonchev–Trinajstić information content (AvgIpc) is 3.15. The number of hydrogen-bond donors (Lipinski definition) is 2. The SMILES string of the molecule is CC1(C)CCN2CCC(C)(C)c3c2c1cc1cc(C2=[SH]c4ccccc4N2)c(=O)oc31. The van der Waals surface area contributed by atoms with Gasteiger partial charge in [-0.25, -0.2) is 4.79 Å². The summed E-state index contributed by atoms with van der Waals surface area (Å²) < 4.78 is 6.13. The predicted octanol–water partition coefficient (Wildman–Crippen LogP) is 5.39. The molecule has 0 saturated carbocycles. The van der Waals surface area contributed by atoms with Crippen molar-refractivity contribution < 1.29 is 4.42 Å². The maximum Gasteiger partial charge on any atom is 0.346 e. The molecule has 2 aromatic carbocycles. The first-order valence-electron chi connectivity index (χ1n) is 11.1. The zero-order valence-corrected chi connectivity index (χ0v) is 19.4. The second kappa shape index (κ2) is 6.26. The number of thiol groups is 1. The molecule has 31 heavy (non-hydrogen) atoms. The molecule has 5 heteroatoms. The lowest BCUT2D eigenvalue weighted by Gasteiger charge is -2.48. The van der Waals surface area contributed by atoms with Crippen molar-refractivity contribution in [2.75, 3.05) is 23.3 Å². The van der Waals surface area contributed by atoms with Gasteiger partial charge in [-0.05, 0) is 53.5 Å². The largest absolute Gasteiger partial charge is 0.422 e. The fourth-order valence-electron chi connectivity index (χ4n) is 5.40. The Balaban J connectivity index is 1.62. The Morgan fingerprint density at radius 3 is 2.55 bits per heavy atom. The lowest BCUT2D eigenvalue weighted by atomic mass is 9.69. The third-order valence-corrected chi connectivity index (χ3v) is 8.58. The van der Waals surface area contributed by atoms with Gasteiger partial charge in [0.2, 0.25) is 0 Å². The molecule has 160 valence electrons. The van der Waals surface area contributed by atoms with Crippen molar-refractivity contribution in [2.24, 2.45) is 0 Å². The highest BCUT2D eigenvalue weighted by molar-refractivity contribution is 7.99. The molecule has 0 unspecified atom stereocenters. The maximum atomic E-state index is 13.2. The summed E-state index contributed by atoms with van der Waals surface area (Å²) in [6, 6.07) is 12.5. The number of benzene rings is 2. The van der Waals surface area contributed by atoms with E-state index in [-0.39, 0.29) is 16.5 Å². The molecule has 0 saturated heterocycles. The third-order valence-electron chi connectivity index (χ3n) is 7.38. The highest BCUT2D eigenvalue weighted by Gasteiger charge is 2.42. The van der Waals surface area contributed by atoms with E-state index in [2.05, 4.69) is 62.2 Å². The van der Waals surface area contributed by atoms with Crippen molar-refractivity contribution in [3.05, 3.63) is 63.5 Å². The van der Waals surface area contributed by atoms with Crippen molar-refractivity contribution in [2.45, 2.75) is 56.3 Å². The number of nitrogens with one attached hydrogen (secondary N) is 1. The summed E-state index contributed by atoms with van der Waals surface area (Å²) in [5, 5.41) is 4.47. The summed E-state index contributed by atoms with van der Waals surface area (Å²) >= 11 is 1.02. The molecule has 4 nitrogen and oxygen atoms in total. The number of anilines is 2. The molecule has 0 aliphatic carbocycles. The highest BCUT2D eigenvalue weighted by Crippen LogP contribution is 2.51. The Bertz CT molecular complexity index is 1350. The number of para-hydroxylation sites is 1. The van der Waals surface area contributed by atoms with Crippen LogP contribution in [0.15, 0.2) is 50.5 Å². The van der Waals surface area contributed by atoms with Crippen molar-refractivity contribution in [1.29, 1.82) is 0 Å². The van der Waals surface area contributed by atoms with Crippen LogP contribution < -0.4 is 15.8 Å². The molecule has 1 aromatic heterocycles. The molecule has 1 N–H and O–H groups in total. The Labute approximate surface area is 186 Å². The molecule has 0 fully saturated rings. The minimum Gasteiger partial charge on any atom is -0.422 e. The quantitative estimate of drug-likeness (QED) is 0.307. The molecule has 6 rings (SSSR count). The smallest absolute Gasteiger partial charge is 0.346 e. The minimum absolute atomic E-state index is 0.0296. The van der Waals surface area contributed by atoms with Crippen LogP contribution in [-0.2, 0) is 10.8 Å². The van der Waals surface area contributed by atoms with Gasteiger partial charge in [-0.15, -0.1) is 11.4 Å². The summed E-state index contributed by atoms with van der Waals surface area (Å²) in [5.41, 5.74) is 6.21. The summed E-state index contributed by atoms with van der Waals surface area (Å²) in [7, 11) is 0. The number of nitrogens with zero attached hydrogens (tertiary/aromatic N) is 1. The lowest BCUT2D eigenvalue weighted by Crippen LogP contribution is -2.44. The molecule has 3 aromatic rings. The number of hydrogen-bond acceptors (Lipinski definition) is 4. The lowest BCUT2D eigenvalue weighted by molar-refractivity contribution is 0.398. The zero-order chi connectivity index (χ0) is 21.5. The van der Waals surface area contributed by atoms with Crippen LogP contribution in [-0.4, -0.2) is 18.1 Å². The second-order valence-corrected chi connectivity index (χ2v) is 11.5. The first-order chi connectivity index (χ1) is 14.7. The fourth-order valence-corrected chi connectivity index (χ4v) is 6.50. The van der Waals surface area contributed by atoms with E-state index in [0.717, 1.165) is 58.9 Å². The Hall–Kier alpha value is -2.53. The molecule has 0 radical (unpaired) electrons. The van der Waals surface area contributed by atoms with E-state index in [9.17, 15) is 4.79 Å². The molecule has 0 bridgehead atoms. The molecule has 3 aliphatic heterocycles. The van der Waals surface area contributed by atoms with E-state index in [0.29, 0.717) is 5.56 Å². The number of rotatable bonds is 1. The van der Waals surface area contributed by atoms with Gasteiger partial charge < -0.3 is 14.6 Å². The zero-order valence-electron chi connectivity index (χ0n) is 18.5. The van der Waals surface area contributed by atoms with Gasteiger partial charge in [-0.3, -0.25) is 0 Å². The van der Waals surface area contributed by atoms with Crippen molar-refractivity contribution in [3.8, 4) is 0 Å². The molecular formula is C26H28N2O2S. The Morgan fingerprint density at radius 2 is 1.77 bits per heavy atom. The monoisotopic (exact) mass is 432 g/mol. The van der Waals surface area contributed by atoms with Crippen molar-refractivity contribution in [3.63, 3.8) is 0 Å². The number of fused-ring (bicyclic) bond motifs is 3. The first-order valence-corrected chi connectivity index (χ1v) is 12.0. The van der Waals surface area contributed by atoms with E-state index in [1.165, 1.54) is 21.7 Å². The van der Waals surface area contributed by atoms with Crippen LogP contribution in [0.2, 0.25) is 0 Å². The minimum atomic E-state index is -0.255. The van der Waals surface area contributed by atoms with Gasteiger partial charge in [0.15, 0.2) is 0 Å². The summed E-state index contributed by atoms with van der Waals surface area (Å²) in [6.45, 7) is 11.4. The van der Waals surface area contributed by atoms with Crippen LogP contribution in [0.3, 0.4) is 0 Å². The predicted molar refractivity (Wildman–Crippen MR) is 131 cm³/mol. The molecular weight excluding hydrogens is 404 g/mol. The van der Waals surface area contributed by atoms with E-state index in [4.69, 9.17) is 4.42 Å². The molecule has 0 spiro atoms. The Kier molecular flexibility index (Phi) is 3.87. The standard InChI is InChI=1S/C26H28N2O2S/c1-25(2)9-11-28-12-10-26(3,4)20-21(28)17(25)14-15-13-16(24(29)30-22(15)20)23-27-18-7-5-6-8-19(18)31-23/h5-8,13-14,27,31H,9-12H2,1-4H3. The molecule has 4 heterocycles. The summed E-state index contributed by atoms with van der Waals surface area (Å²) in [4.78, 5) is 17.8. The van der Waals surface area contributed by atoms with Crippen LogP contribution >= 0.6 is 11.4 Å². The van der Waals surface area contributed by atoms with E-state index < -0.39 is 0 Å². The highest BCUT2D eigenvalue weighted by atomic mass is 32.1. The van der Waals surface area contributed by atoms with Gasteiger partial charge in [0.05, 0.1) is 16.2 Å². The van der Waals surface area contributed by atoms with Crippen LogP contribution in [0.5, 0.6) is 0 Å². The van der Waals surface area contributed by atoms with E-state index >= 15 is 0 Å². The average molecular weight is 433 g/mol. The summed E-state index contributed by atoms with van der Waals surface area (Å²) in [6.07, 6.45) is 2.21.